The van der Waals surface area contributed by atoms with Crippen LogP contribution in [0, 0.1) is 10.8 Å². The highest BCUT2D eigenvalue weighted by Gasteiger charge is 2.33. The van der Waals surface area contributed by atoms with Gasteiger partial charge in [-0.3, -0.25) is 4.90 Å². The molecule has 0 N–H and O–H groups in total. The van der Waals surface area contributed by atoms with E-state index in [1.54, 1.807) is 4.68 Å². The Hall–Kier alpha value is -1.03. The molecule has 2 heterocycles. The molecule has 1 atom stereocenters. The Morgan fingerprint density at radius 3 is 2.65 bits per heavy atom. The summed E-state index contributed by atoms with van der Waals surface area (Å²) in [7, 11) is -2.95. The lowest BCUT2D eigenvalue weighted by atomic mass is 10.1. The minimum Gasteiger partial charge on any atom is -0.409 e. The predicted octanol–water partition coefficient (Wildman–Crippen LogP) is 3.74. The van der Waals surface area contributed by atoms with Crippen LogP contribution in [0.15, 0.2) is 33.2 Å². The van der Waals surface area contributed by atoms with E-state index in [-0.39, 0.29) is 22.4 Å². The number of halogens is 1. The zero-order chi connectivity index (χ0) is 18.9. The monoisotopic (exact) mass is 459 g/mol. The SMILES string of the molecule is CC(C)CN(Cn1nc(-c2ccc(Br)cc2)oc1=S)[C@@H]1CCS(=O)(=O)C1. The van der Waals surface area contributed by atoms with E-state index in [0.717, 1.165) is 16.6 Å². The summed E-state index contributed by atoms with van der Waals surface area (Å²) in [5, 5.41) is 4.50. The quantitative estimate of drug-likeness (QED) is 0.612. The molecule has 0 spiro atoms. The van der Waals surface area contributed by atoms with Gasteiger partial charge >= 0.3 is 0 Å². The highest BCUT2D eigenvalue weighted by Crippen LogP contribution is 2.23. The van der Waals surface area contributed by atoms with Gasteiger partial charge in [0.15, 0.2) is 9.84 Å². The Labute approximate surface area is 167 Å². The van der Waals surface area contributed by atoms with Crippen LogP contribution in [-0.2, 0) is 16.5 Å². The van der Waals surface area contributed by atoms with E-state index >= 15 is 0 Å². The van der Waals surface area contributed by atoms with E-state index in [1.807, 2.05) is 24.3 Å². The second-order valence-corrected chi connectivity index (χ2v) is 10.5. The Kier molecular flexibility index (Phi) is 6.01. The van der Waals surface area contributed by atoms with Crippen molar-refractivity contribution in [2.75, 3.05) is 18.1 Å². The van der Waals surface area contributed by atoms with Crippen molar-refractivity contribution in [3.63, 3.8) is 0 Å². The maximum Gasteiger partial charge on any atom is 0.288 e. The molecule has 2 aromatic rings. The summed E-state index contributed by atoms with van der Waals surface area (Å²) in [6, 6.07) is 7.65. The molecule has 1 aromatic heterocycles. The largest absolute Gasteiger partial charge is 0.409 e. The zero-order valence-electron chi connectivity index (χ0n) is 14.8. The lowest BCUT2D eigenvalue weighted by molar-refractivity contribution is 0.136. The molecule has 6 nitrogen and oxygen atoms in total. The third-order valence-electron chi connectivity index (χ3n) is 4.34. The van der Waals surface area contributed by atoms with E-state index in [9.17, 15) is 8.42 Å². The fourth-order valence-electron chi connectivity index (χ4n) is 3.13. The molecule has 1 aliphatic rings. The Balaban J connectivity index is 1.82. The van der Waals surface area contributed by atoms with Crippen LogP contribution in [0.4, 0.5) is 0 Å². The van der Waals surface area contributed by atoms with Crippen molar-refractivity contribution in [3.05, 3.63) is 33.6 Å². The molecule has 1 fully saturated rings. The minimum absolute atomic E-state index is 0.00266. The number of aromatic nitrogens is 2. The smallest absolute Gasteiger partial charge is 0.288 e. The summed E-state index contributed by atoms with van der Waals surface area (Å²) in [6.45, 7) is 5.44. The first-order valence-corrected chi connectivity index (χ1v) is 11.5. The van der Waals surface area contributed by atoms with Crippen LogP contribution < -0.4 is 0 Å². The number of nitrogens with zero attached hydrogens (tertiary/aromatic N) is 3. The molecule has 1 saturated heterocycles. The molecule has 9 heteroatoms. The summed E-state index contributed by atoms with van der Waals surface area (Å²) >= 11 is 8.74. The molecular formula is C17H22BrN3O3S2. The Bertz CT molecular complexity index is 919. The van der Waals surface area contributed by atoms with Gasteiger partial charge in [-0.05, 0) is 48.8 Å². The van der Waals surface area contributed by atoms with Crippen molar-refractivity contribution in [2.45, 2.75) is 33.0 Å². The average Bonchev–Trinajstić information content (AvgIpc) is 3.10. The summed E-state index contributed by atoms with van der Waals surface area (Å²) in [6.07, 6.45) is 0.653. The lowest BCUT2D eigenvalue weighted by Gasteiger charge is -2.29. The molecule has 1 aliphatic heterocycles. The van der Waals surface area contributed by atoms with E-state index in [1.165, 1.54) is 0 Å². The molecule has 1 aromatic carbocycles. The number of rotatable bonds is 6. The normalized spacial score (nSPS) is 19.5. The second-order valence-electron chi connectivity index (χ2n) is 7.04. The molecule has 26 heavy (non-hydrogen) atoms. The first kappa shape index (κ1) is 19.7. The van der Waals surface area contributed by atoms with E-state index < -0.39 is 9.84 Å². The number of benzene rings is 1. The topological polar surface area (TPSA) is 68.3 Å². The van der Waals surface area contributed by atoms with Gasteiger partial charge in [-0.15, -0.1) is 5.10 Å². The third-order valence-corrected chi connectivity index (χ3v) is 6.91. The predicted molar refractivity (Wildman–Crippen MR) is 107 cm³/mol. The fraction of sp³-hybridized carbons (Fsp3) is 0.529. The van der Waals surface area contributed by atoms with Crippen LogP contribution in [0.5, 0.6) is 0 Å². The van der Waals surface area contributed by atoms with Gasteiger partial charge in [0.05, 0.1) is 18.2 Å². The molecular weight excluding hydrogens is 438 g/mol. The van der Waals surface area contributed by atoms with Crippen molar-refractivity contribution < 1.29 is 12.8 Å². The van der Waals surface area contributed by atoms with Gasteiger partial charge in [-0.25, -0.2) is 13.1 Å². The molecule has 0 unspecified atom stereocenters. The minimum atomic E-state index is -2.95. The number of sulfone groups is 1. The van der Waals surface area contributed by atoms with Gasteiger partial charge in [-0.2, -0.15) is 0 Å². The lowest BCUT2D eigenvalue weighted by Crippen LogP contribution is -2.40. The average molecular weight is 460 g/mol. The molecule has 0 aliphatic carbocycles. The van der Waals surface area contributed by atoms with Crippen molar-refractivity contribution in [2.24, 2.45) is 5.92 Å². The molecule has 0 radical (unpaired) electrons. The summed E-state index contributed by atoms with van der Waals surface area (Å²) < 4.78 is 32.0. The maximum absolute atomic E-state index is 11.9. The van der Waals surface area contributed by atoms with Crippen molar-refractivity contribution in [1.29, 1.82) is 0 Å². The van der Waals surface area contributed by atoms with E-state index in [4.69, 9.17) is 16.6 Å². The van der Waals surface area contributed by atoms with Crippen LogP contribution in [0.25, 0.3) is 11.5 Å². The molecule has 0 amide bonds. The number of hydrogen-bond acceptors (Lipinski definition) is 6. The first-order chi connectivity index (χ1) is 12.2. The van der Waals surface area contributed by atoms with Gasteiger partial charge in [0, 0.05) is 22.6 Å². The van der Waals surface area contributed by atoms with E-state index in [2.05, 4.69) is 39.8 Å². The Morgan fingerprint density at radius 2 is 2.08 bits per heavy atom. The van der Waals surface area contributed by atoms with Gasteiger partial charge in [0.1, 0.15) is 0 Å². The highest BCUT2D eigenvalue weighted by molar-refractivity contribution is 9.10. The van der Waals surface area contributed by atoms with Crippen LogP contribution in [0.1, 0.15) is 20.3 Å². The summed E-state index contributed by atoms with van der Waals surface area (Å²) in [5.74, 6) is 1.32. The zero-order valence-corrected chi connectivity index (χ0v) is 18.0. The van der Waals surface area contributed by atoms with Gasteiger partial charge < -0.3 is 4.42 Å². The third kappa shape index (κ3) is 4.82. The van der Waals surface area contributed by atoms with Gasteiger partial charge in [-0.1, -0.05) is 29.8 Å². The fourth-order valence-corrected chi connectivity index (χ4v) is 5.33. The van der Waals surface area contributed by atoms with Crippen LogP contribution >= 0.6 is 28.1 Å². The molecule has 3 rings (SSSR count). The number of hydrogen-bond donors (Lipinski definition) is 0. The van der Waals surface area contributed by atoms with Crippen LogP contribution in [-0.4, -0.2) is 47.2 Å². The van der Waals surface area contributed by atoms with Gasteiger partial charge in [0.2, 0.25) is 5.89 Å². The van der Waals surface area contributed by atoms with Gasteiger partial charge in [0.25, 0.3) is 4.84 Å². The molecule has 0 bridgehead atoms. The van der Waals surface area contributed by atoms with E-state index in [0.29, 0.717) is 24.9 Å². The molecule has 0 saturated carbocycles. The Morgan fingerprint density at radius 1 is 1.38 bits per heavy atom. The molecule has 142 valence electrons. The summed E-state index contributed by atoms with van der Waals surface area (Å²) in [5.41, 5.74) is 0.844. The maximum atomic E-state index is 11.9. The standard InChI is InChI=1S/C17H22BrN3O3S2/c1-12(2)9-20(15-7-8-26(22,23)10-15)11-21-17(25)24-16(19-21)13-3-5-14(18)6-4-13/h3-6,12,15H,7-11H2,1-2H3/t15-/m1/s1. The summed E-state index contributed by atoms with van der Waals surface area (Å²) in [4.78, 5) is 2.44. The second kappa shape index (κ2) is 7.92. The van der Waals surface area contributed by atoms with Crippen LogP contribution in [0.2, 0.25) is 0 Å². The van der Waals surface area contributed by atoms with Crippen molar-refractivity contribution >= 4 is 38.0 Å². The first-order valence-electron chi connectivity index (χ1n) is 8.52. The highest BCUT2D eigenvalue weighted by atomic mass is 79.9. The van der Waals surface area contributed by atoms with Crippen molar-refractivity contribution in [1.82, 2.24) is 14.7 Å². The van der Waals surface area contributed by atoms with Crippen LogP contribution in [0.3, 0.4) is 0 Å². The van der Waals surface area contributed by atoms with Crippen molar-refractivity contribution in [3.8, 4) is 11.5 Å².